The summed E-state index contributed by atoms with van der Waals surface area (Å²) in [6.45, 7) is 1.73. The number of thiazole rings is 1. The smallest absolute Gasteiger partial charge is 0.270 e. The normalized spacial score (nSPS) is 17.9. The van der Waals surface area contributed by atoms with Crippen LogP contribution >= 0.6 is 11.3 Å². The highest BCUT2D eigenvalue weighted by Gasteiger charge is 2.31. The number of hydrogen-bond acceptors (Lipinski definition) is 5. The summed E-state index contributed by atoms with van der Waals surface area (Å²) in [5.41, 5.74) is 0.745. The number of nitrogens with zero attached hydrogens (tertiary/aromatic N) is 2. The van der Waals surface area contributed by atoms with Crippen molar-refractivity contribution in [1.82, 2.24) is 14.6 Å². The molecule has 1 aromatic heterocycles. The van der Waals surface area contributed by atoms with Gasteiger partial charge in [-0.25, -0.2) is 13.4 Å². The minimum absolute atomic E-state index is 0.0632. The second-order valence-corrected chi connectivity index (χ2v) is 8.15. The fourth-order valence-corrected chi connectivity index (χ4v) is 5.25. The average Bonchev–Trinajstić information content (AvgIpc) is 2.92. The summed E-state index contributed by atoms with van der Waals surface area (Å²) in [6.07, 6.45) is 1.70. The van der Waals surface area contributed by atoms with E-state index in [-0.39, 0.29) is 10.4 Å². The summed E-state index contributed by atoms with van der Waals surface area (Å²) in [6, 6.07) is 7.57. The zero-order valence-corrected chi connectivity index (χ0v) is 12.9. The van der Waals surface area contributed by atoms with Gasteiger partial charge in [-0.15, -0.1) is 11.3 Å². The Bertz CT molecular complexity index is 672. The SMILES string of the molecule is CN(C1CCNCC1)S(=O)(=O)c1nc2ccccc2s1. The van der Waals surface area contributed by atoms with Crippen molar-refractivity contribution >= 4 is 31.6 Å². The number of nitrogens with one attached hydrogen (secondary N) is 1. The van der Waals surface area contributed by atoms with Crippen LogP contribution in [0.5, 0.6) is 0 Å². The summed E-state index contributed by atoms with van der Waals surface area (Å²) in [4.78, 5) is 4.27. The van der Waals surface area contributed by atoms with Crippen LogP contribution in [0, 0.1) is 0 Å². The Labute approximate surface area is 122 Å². The molecule has 0 atom stereocenters. The number of sulfonamides is 1. The van der Waals surface area contributed by atoms with Crippen LogP contribution < -0.4 is 5.32 Å². The highest BCUT2D eigenvalue weighted by atomic mass is 32.2. The van der Waals surface area contributed by atoms with E-state index in [1.54, 1.807) is 7.05 Å². The molecule has 2 aromatic rings. The van der Waals surface area contributed by atoms with Crippen LogP contribution in [0.25, 0.3) is 10.2 Å². The largest absolute Gasteiger partial charge is 0.317 e. The molecule has 1 aromatic carbocycles. The Balaban J connectivity index is 1.93. The third-order valence-electron chi connectivity index (χ3n) is 3.70. The number of para-hydroxylation sites is 1. The first-order valence-electron chi connectivity index (χ1n) is 6.63. The highest BCUT2D eigenvalue weighted by molar-refractivity contribution is 7.91. The Kier molecular flexibility index (Phi) is 3.76. The predicted molar refractivity (Wildman–Crippen MR) is 80.5 cm³/mol. The maximum absolute atomic E-state index is 12.7. The quantitative estimate of drug-likeness (QED) is 0.936. The molecule has 0 radical (unpaired) electrons. The van der Waals surface area contributed by atoms with Crippen LogP contribution in [0.4, 0.5) is 0 Å². The molecule has 0 saturated carbocycles. The van der Waals surface area contributed by atoms with Gasteiger partial charge in [-0.1, -0.05) is 12.1 Å². The van der Waals surface area contributed by atoms with Gasteiger partial charge in [0.25, 0.3) is 10.0 Å². The van der Waals surface area contributed by atoms with E-state index in [0.29, 0.717) is 0 Å². The summed E-state index contributed by atoms with van der Waals surface area (Å²) in [7, 11) is -1.82. The zero-order chi connectivity index (χ0) is 14.2. The minimum atomic E-state index is -3.49. The van der Waals surface area contributed by atoms with Crippen LogP contribution in [0.3, 0.4) is 0 Å². The van der Waals surface area contributed by atoms with Gasteiger partial charge >= 0.3 is 0 Å². The molecule has 108 valence electrons. The van der Waals surface area contributed by atoms with E-state index in [1.165, 1.54) is 15.6 Å². The lowest BCUT2D eigenvalue weighted by Gasteiger charge is -2.30. The van der Waals surface area contributed by atoms with Crippen molar-refractivity contribution in [3.8, 4) is 0 Å². The third-order valence-corrected chi connectivity index (χ3v) is 7.00. The Morgan fingerprint density at radius 2 is 2.00 bits per heavy atom. The first-order chi connectivity index (χ1) is 9.59. The number of aromatic nitrogens is 1. The fraction of sp³-hybridized carbons (Fsp3) is 0.462. The lowest BCUT2D eigenvalue weighted by atomic mass is 10.1. The van der Waals surface area contributed by atoms with Gasteiger partial charge in [0.15, 0.2) is 0 Å². The van der Waals surface area contributed by atoms with Gasteiger partial charge < -0.3 is 5.32 Å². The summed E-state index contributed by atoms with van der Waals surface area (Å²) in [5.74, 6) is 0. The molecule has 2 heterocycles. The van der Waals surface area contributed by atoms with Crippen LogP contribution in [0.2, 0.25) is 0 Å². The van der Waals surface area contributed by atoms with Crippen molar-refractivity contribution in [2.45, 2.75) is 23.2 Å². The van der Waals surface area contributed by atoms with Gasteiger partial charge in [0.1, 0.15) is 0 Å². The van der Waals surface area contributed by atoms with Crippen LogP contribution in [0.15, 0.2) is 28.6 Å². The number of benzene rings is 1. The zero-order valence-electron chi connectivity index (χ0n) is 11.2. The van der Waals surface area contributed by atoms with Crippen molar-refractivity contribution in [1.29, 1.82) is 0 Å². The molecule has 3 rings (SSSR count). The van der Waals surface area contributed by atoms with E-state index in [4.69, 9.17) is 0 Å². The van der Waals surface area contributed by atoms with Crippen LogP contribution in [-0.4, -0.2) is 43.9 Å². The van der Waals surface area contributed by atoms with Gasteiger partial charge in [0.2, 0.25) is 4.34 Å². The van der Waals surface area contributed by atoms with Gasteiger partial charge in [0.05, 0.1) is 10.2 Å². The van der Waals surface area contributed by atoms with Gasteiger partial charge in [-0.3, -0.25) is 0 Å². The van der Waals surface area contributed by atoms with Crippen molar-refractivity contribution in [3.63, 3.8) is 0 Å². The third kappa shape index (κ3) is 2.46. The maximum atomic E-state index is 12.7. The van der Waals surface area contributed by atoms with Gasteiger partial charge in [0, 0.05) is 13.1 Å². The number of hydrogen-bond donors (Lipinski definition) is 1. The van der Waals surface area contributed by atoms with E-state index < -0.39 is 10.0 Å². The summed E-state index contributed by atoms with van der Waals surface area (Å²) >= 11 is 1.24. The molecule has 7 heteroatoms. The molecular weight excluding hydrogens is 294 g/mol. The number of rotatable bonds is 3. The van der Waals surface area contributed by atoms with E-state index in [2.05, 4.69) is 10.3 Å². The lowest BCUT2D eigenvalue weighted by Crippen LogP contribution is -2.43. The summed E-state index contributed by atoms with van der Waals surface area (Å²) in [5, 5.41) is 3.25. The molecule has 5 nitrogen and oxygen atoms in total. The second kappa shape index (κ2) is 5.40. The monoisotopic (exact) mass is 311 g/mol. The molecular formula is C13H17N3O2S2. The molecule has 20 heavy (non-hydrogen) atoms. The van der Waals surface area contributed by atoms with Crippen molar-refractivity contribution < 1.29 is 8.42 Å². The molecule has 1 N–H and O–H groups in total. The molecule has 0 unspecified atom stereocenters. The molecule has 1 saturated heterocycles. The Morgan fingerprint density at radius 1 is 1.30 bits per heavy atom. The Morgan fingerprint density at radius 3 is 2.70 bits per heavy atom. The first kappa shape index (κ1) is 13.9. The standard InChI is InChI=1S/C13H17N3O2S2/c1-16(10-6-8-14-9-7-10)20(17,18)13-15-11-4-2-3-5-12(11)19-13/h2-5,10,14H,6-9H2,1H3. The molecule has 0 amide bonds. The second-order valence-electron chi connectivity index (χ2n) is 4.95. The van der Waals surface area contributed by atoms with E-state index >= 15 is 0 Å². The molecule has 1 aliphatic heterocycles. The van der Waals surface area contributed by atoms with Crippen LogP contribution in [0.1, 0.15) is 12.8 Å². The highest BCUT2D eigenvalue weighted by Crippen LogP contribution is 2.28. The molecule has 1 aliphatic rings. The first-order valence-corrected chi connectivity index (χ1v) is 8.89. The fourth-order valence-electron chi connectivity index (χ4n) is 2.45. The molecule has 0 aliphatic carbocycles. The molecule has 0 bridgehead atoms. The maximum Gasteiger partial charge on any atom is 0.270 e. The molecule has 0 spiro atoms. The average molecular weight is 311 g/mol. The van der Waals surface area contributed by atoms with Crippen molar-refractivity contribution in [2.75, 3.05) is 20.1 Å². The van der Waals surface area contributed by atoms with Gasteiger partial charge in [-0.05, 0) is 38.1 Å². The van der Waals surface area contributed by atoms with Crippen LogP contribution in [-0.2, 0) is 10.0 Å². The van der Waals surface area contributed by atoms with E-state index in [1.807, 2.05) is 24.3 Å². The minimum Gasteiger partial charge on any atom is -0.317 e. The predicted octanol–water partition coefficient (Wildman–Crippen LogP) is 1.67. The lowest BCUT2D eigenvalue weighted by molar-refractivity contribution is 0.296. The van der Waals surface area contributed by atoms with Crippen molar-refractivity contribution in [3.05, 3.63) is 24.3 Å². The molecule has 1 fully saturated rings. The summed E-state index contributed by atoms with van der Waals surface area (Å²) < 4.78 is 27.9. The number of fused-ring (bicyclic) bond motifs is 1. The Hall–Kier alpha value is -1.02. The van der Waals surface area contributed by atoms with E-state index in [9.17, 15) is 8.42 Å². The van der Waals surface area contributed by atoms with Gasteiger partial charge in [-0.2, -0.15) is 4.31 Å². The van der Waals surface area contributed by atoms with Crippen molar-refractivity contribution in [2.24, 2.45) is 0 Å². The number of piperidine rings is 1. The topological polar surface area (TPSA) is 62.3 Å². The van der Waals surface area contributed by atoms with E-state index in [0.717, 1.165) is 36.1 Å².